The van der Waals surface area contributed by atoms with Crippen molar-refractivity contribution in [2.24, 2.45) is 0 Å². The summed E-state index contributed by atoms with van der Waals surface area (Å²) in [4.78, 5) is 0. The largest absolute Gasteiger partial charge is 0.379 e. The Morgan fingerprint density at radius 2 is 1.94 bits per heavy atom. The fraction of sp³-hybridized carbons (Fsp3) is 1.00. The molecule has 0 aromatic rings. The second-order valence-electron chi connectivity index (χ2n) is 5.78. The van der Waals surface area contributed by atoms with Crippen LogP contribution in [0.15, 0.2) is 0 Å². The molecule has 1 atom stereocenters. The Morgan fingerprint density at radius 3 is 2.53 bits per heavy atom. The van der Waals surface area contributed by atoms with Crippen molar-refractivity contribution in [3.8, 4) is 0 Å². The second kappa shape index (κ2) is 7.34. The first-order chi connectivity index (χ1) is 8.03. The molecule has 0 saturated heterocycles. The van der Waals surface area contributed by atoms with E-state index in [2.05, 4.69) is 26.1 Å². The van der Waals surface area contributed by atoms with Crippen LogP contribution in [-0.4, -0.2) is 38.0 Å². The number of hydrogen-bond acceptors (Lipinski definition) is 3. The molecule has 0 aromatic heterocycles. The molecule has 102 valence electrons. The lowest BCUT2D eigenvalue weighted by atomic mass is 10.1. The highest BCUT2D eigenvalue weighted by molar-refractivity contribution is 4.74. The molecule has 1 unspecified atom stereocenters. The molecule has 3 heteroatoms. The number of hydrogen-bond donors (Lipinski definition) is 1. The van der Waals surface area contributed by atoms with Crippen LogP contribution < -0.4 is 5.32 Å². The molecule has 17 heavy (non-hydrogen) atoms. The van der Waals surface area contributed by atoms with Crippen LogP contribution in [0.1, 0.15) is 52.9 Å². The molecule has 0 aliphatic heterocycles. The van der Waals surface area contributed by atoms with Crippen LogP contribution in [0.5, 0.6) is 0 Å². The van der Waals surface area contributed by atoms with Crippen molar-refractivity contribution in [2.75, 3.05) is 20.3 Å². The average Bonchev–Trinajstić information content (AvgIpc) is 2.79. The summed E-state index contributed by atoms with van der Waals surface area (Å²) < 4.78 is 11.2. The first-order valence-corrected chi connectivity index (χ1v) is 6.93. The molecule has 1 saturated carbocycles. The lowest BCUT2D eigenvalue weighted by molar-refractivity contribution is -0.0233. The maximum absolute atomic E-state index is 5.80. The van der Waals surface area contributed by atoms with Gasteiger partial charge in [-0.15, -0.1) is 0 Å². The van der Waals surface area contributed by atoms with Gasteiger partial charge in [-0.25, -0.2) is 0 Å². The molecule has 0 bridgehead atoms. The third kappa shape index (κ3) is 6.39. The molecule has 1 N–H and O–H groups in total. The Kier molecular flexibility index (Phi) is 6.45. The normalized spacial score (nSPS) is 19.8. The van der Waals surface area contributed by atoms with Gasteiger partial charge in [-0.3, -0.25) is 0 Å². The predicted molar refractivity (Wildman–Crippen MR) is 71.4 cm³/mol. The average molecular weight is 243 g/mol. The Bertz CT molecular complexity index is 200. The SMILES string of the molecule is COC(C)(C)CCOC(C)CNC1CCCC1. The molecule has 0 amide bonds. The lowest BCUT2D eigenvalue weighted by Crippen LogP contribution is -2.34. The van der Waals surface area contributed by atoms with E-state index in [-0.39, 0.29) is 5.60 Å². The summed E-state index contributed by atoms with van der Waals surface area (Å²) in [5, 5.41) is 3.59. The van der Waals surface area contributed by atoms with Crippen molar-refractivity contribution in [3.05, 3.63) is 0 Å². The molecule has 3 nitrogen and oxygen atoms in total. The van der Waals surface area contributed by atoms with Crippen molar-refractivity contribution < 1.29 is 9.47 Å². The van der Waals surface area contributed by atoms with E-state index in [1.165, 1.54) is 25.7 Å². The molecule has 0 spiro atoms. The van der Waals surface area contributed by atoms with Gasteiger partial charge in [0.15, 0.2) is 0 Å². The van der Waals surface area contributed by atoms with E-state index in [0.717, 1.165) is 25.6 Å². The molecule has 0 heterocycles. The van der Waals surface area contributed by atoms with E-state index in [1.807, 2.05) is 0 Å². The van der Waals surface area contributed by atoms with E-state index in [0.29, 0.717) is 6.10 Å². The molecule has 0 aromatic carbocycles. The van der Waals surface area contributed by atoms with Crippen molar-refractivity contribution in [3.63, 3.8) is 0 Å². The van der Waals surface area contributed by atoms with E-state index >= 15 is 0 Å². The van der Waals surface area contributed by atoms with Gasteiger partial charge in [0, 0.05) is 26.3 Å². The van der Waals surface area contributed by atoms with Crippen LogP contribution in [0.3, 0.4) is 0 Å². The van der Waals surface area contributed by atoms with Crippen LogP contribution in [0.2, 0.25) is 0 Å². The highest BCUT2D eigenvalue weighted by atomic mass is 16.5. The van der Waals surface area contributed by atoms with E-state index in [4.69, 9.17) is 9.47 Å². The van der Waals surface area contributed by atoms with Crippen LogP contribution in [0, 0.1) is 0 Å². The van der Waals surface area contributed by atoms with Gasteiger partial charge in [-0.05, 0) is 40.0 Å². The van der Waals surface area contributed by atoms with Gasteiger partial charge >= 0.3 is 0 Å². The van der Waals surface area contributed by atoms with E-state index in [9.17, 15) is 0 Å². The molecule has 1 fully saturated rings. The lowest BCUT2D eigenvalue weighted by Gasteiger charge is -2.24. The first kappa shape index (κ1) is 14.9. The van der Waals surface area contributed by atoms with E-state index in [1.54, 1.807) is 7.11 Å². The number of ether oxygens (including phenoxy) is 2. The summed E-state index contributed by atoms with van der Waals surface area (Å²) >= 11 is 0. The van der Waals surface area contributed by atoms with Gasteiger partial charge in [0.1, 0.15) is 0 Å². The number of nitrogens with one attached hydrogen (secondary N) is 1. The topological polar surface area (TPSA) is 30.5 Å². The third-order valence-corrected chi connectivity index (χ3v) is 3.71. The smallest absolute Gasteiger partial charge is 0.0671 e. The van der Waals surface area contributed by atoms with Gasteiger partial charge in [-0.1, -0.05) is 12.8 Å². The molecular formula is C14H29NO2. The second-order valence-corrected chi connectivity index (χ2v) is 5.78. The standard InChI is InChI=1S/C14H29NO2/c1-12(11-15-13-7-5-6-8-13)17-10-9-14(2,3)16-4/h12-13,15H,5-11H2,1-4H3. The highest BCUT2D eigenvalue weighted by Crippen LogP contribution is 2.17. The zero-order chi connectivity index (χ0) is 12.7. The Labute approximate surface area is 106 Å². The van der Waals surface area contributed by atoms with Crippen molar-refractivity contribution in [1.82, 2.24) is 5.32 Å². The fourth-order valence-corrected chi connectivity index (χ4v) is 2.13. The minimum Gasteiger partial charge on any atom is -0.379 e. The zero-order valence-electron chi connectivity index (χ0n) is 11.9. The number of methoxy groups -OCH3 is 1. The molecule has 1 aliphatic rings. The van der Waals surface area contributed by atoms with Crippen molar-refractivity contribution in [2.45, 2.75) is 70.6 Å². The third-order valence-electron chi connectivity index (χ3n) is 3.71. The Hall–Kier alpha value is -0.120. The summed E-state index contributed by atoms with van der Waals surface area (Å²) in [6.45, 7) is 8.07. The summed E-state index contributed by atoms with van der Waals surface area (Å²) in [5.74, 6) is 0. The summed E-state index contributed by atoms with van der Waals surface area (Å²) in [6, 6.07) is 0.733. The quantitative estimate of drug-likeness (QED) is 0.711. The first-order valence-electron chi connectivity index (χ1n) is 6.93. The minimum atomic E-state index is -0.0708. The molecule has 1 aliphatic carbocycles. The predicted octanol–water partition coefficient (Wildman–Crippen LogP) is 2.74. The van der Waals surface area contributed by atoms with Gasteiger partial charge in [0.05, 0.1) is 11.7 Å². The minimum absolute atomic E-state index is 0.0708. The maximum atomic E-state index is 5.80. The summed E-state index contributed by atoms with van der Waals surface area (Å²) in [5.41, 5.74) is -0.0708. The van der Waals surface area contributed by atoms with Gasteiger partial charge < -0.3 is 14.8 Å². The van der Waals surface area contributed by atoms with Gasteiger partial charge in [-0.2, -0.15) is 0 Å². The Balaban J connectivity index is 2.02. The zero-order valence-corrected chi connectivity index (χ0v) is 11.9. The van der Waals surface area contributed by atoms with Crippen LogP contribution in [-0.2, 0) is 9.47 Å². The van der Waals surface area contributed by atoms with E-state index < -0.39 is 0 Å². The van der Waals surface area contributed by atoms with Crippen LogP contribution in [0.25, 0.3) is 0 Å². The summed E-state index contributed by atoms with van der Waals surface area (Å²) in [7, 11) is 1.76. The summed E-state index contributed by atoms with van der Waals surface area (Å²) in [6.07, 6.45) is 6.68. The van der Waals surface area contributed by atoms with Crippen LogP contribution >= 0.6 is 0 Å². The number of rotatable bonds is 8. The fourth-order valence-electron chi connectivity index (χ4n) is 2.13. The van der Waals surface area contributed by atoms with Crippen molar-refractivity contribution in [1.29, 1.82) is 0 Å². The maximum Gasteiger partial charge on any atom is 0.0671 e. The van der Waals surface area contributed by atoms with Gasteiger partial charge in [0.25, 0.3) is 0 Å². The van der Waals surface area contributed by atoms with Crippen LogP contribution in [0.4, 0.5) is 0 Å². The Morgan fingerprint density at radius 1 is 1.29 bits per heavy atom. The molecular weight excluding hydrogens is 214 g/mol. The van der Waals surface area contributed by atoms with Gasteiger partial charge in [0.2, 0.25) is 0 Å². The molecule has 1 rings (SSSR count). The van der Waals surface area contributed by atoms with Crippen molar-refractivity contribution >= 4 is 0 Å². The molecule has 0 radical (unpaired) electrons. The highest BCUT2D eigenvalue weighted by Gasteiger charge is 2.17. The monoisotopic (exact) mass is 243 g/mol.